The highest BCUT2D eigenvalue weighted by Gasteiger charge is 2.34. The van der Waals surface area contributed by atoms with Crippen molar-refractivity contribution >= 4 is 5.97 Å². The summed E-state index contributed by atoms with van der Waals surface area (Å²) in [6.07, 6.45) is 2.41. The first kappa shape index (κ1) is 13.1. The number of carboxylic acid groups (broad SMARTS) is 1. The third kappa shape index (κ3) is 3.10. The summed E-state index contributed by atoms with van der Waals surface area (Å²) >= 11 is 0. The molecule has 98 valence electrons. The van der Waals surface area contributed by atoms with Gasteiger partial charge in [-0.25, -0.2) is 0 Å². The second-order valence-corrected chi connectivity index (χ2v) is 5.73. The van der Waals surface area contributed by atoms with Crippen LogP contribution in [0.1, 0.15) is 50.2 Å². The first-order chi connectivity index (χ1) is 8.38. The highest BCUT2D eigenvalue weighted by molar-refractivity contribution is 5.68. The molecule has 0 saturated heterocycles. The quantitative estimate of drug-likeness (QED) is 0.842. The third-order valence-electron chi connectivity index (χ3n) is 3.61. The number of benzene rings is 1. The molecule has 1 fully saturated rings. The van der Waals surface area contributed by atoms with Crippen molar-refractivity contribution in [3.63, 3.8) is 0 Å². The van der Waals surface area contributed by atoms with Gasteiger partial charge in [0, 0.05) is 0 Å². The maximum Gasteiger partial charge on any atom is 0.303 e. The van der Waals surface area contributed by atoms with Crippen LogP contribution in [0.15, 0.2) is 24.3 Å². The molecule has 2 N–H and O–H groups in total. The Morgan fingerprint density at radius 2 is 2.11 bits per heavy atom. The zero-order chi connectivity index (χ0) is 13.3. The first-order valence-electron chi connectivity index (χ1n) is 6.42. The van der Waals surface area contributed by atoms with E-state index in [1.54, 1.807) is 13.8 Å². The van der Waals surface area contributed by atoms with Gasteiger partial charge in [-0.3, -0.25) is 4.79 Å². The molecule has 18 heavy (non-hydrogen) atoms. The van der Waals surface area contributed by atoms with Gasteiger partial charge in [0.05, 0.1) is 12.0 Å². The molecule has 0 heterocycles. The van der Waals surface area contributed by atoms with Gasteiger partial charge >= 0.3 is 5.97 Å². The van der Waals surface area contributed by atoms with Crippen molar-refractivity contribution in [1.82, 2.24) is 0 Å². The summed E-state index contributed by atoms with van der Waals surface area (Å²) in [6.45, 7) is 3.49. The van der Waals surface area contributed by atoms with Gasteiger partial charge in [0.2, 0.25) is 0 Å². The van der Waals surface area contributed by atoms with Crippen LogP contribution in [-0.2, 0) is 10.4 Å². The molecule has 0 radical (unpaired) electrons. The van der Waals surface area contributed by atoms with Gasteiger partial charge in [0.25, 0.3) is 0 Å². The van der Waals surface area contributed by atoms with E-state index in [4.69, 9.17) is 5.11 Å². The van der Waals surface area contributed by atoms with Crippen molar-refractivity contribution < 1.29 is 15.0 Å². The molecule has 1 aliphatic rings. The van der Waals surface area contributed by atoms with Gasteiger partial charge in [-0.1, -0.05) is 24.3 Å². The van der Waals surface area contributed by atoms with Crippen LogP contribution in [0.3, 0.4) is 0 Å². The van der Waals surface area contributed by atoms with Crippen LogP contribution in [-0.4, -0.2) is 16.2 Å². The molecule has 1 unspecified atom stereocenters. The molecule has 2 rings (SSSR count). The van der Waals surface area contributed by atoms with Crippen molar-refractivity contribution in [2.45, 2.75) is 44.6 Å². The topological polar surface area (TPSA) is 57.5 Å². The van der Waals surface area contributed by atoms with Crippen LogP contribution >= 0.6 is 0 Å². The minimum absolute atomic E-state index is 0.0878. The minimum atomic E-state index is -0.882. The molecule has 0 amide bonds. The van der Waals surface area contributed by atoms with Crippen molar-refractivity contribution in [3.8, 4) is 0 Å². The Labute approximate surface area is 107 Å². The molecule has 1 aromatic carbocycles. The lowest BCUT2D eigenvalue weighted by Gasteiger charge is -2.21. The Kier molecular flexibility index (Phi) is 3.44. The third-order valence-corrected chi connectivity index (χ3v) is 3.61. The number of hydrogen-bond donors (Lipinski definition) is 2. The van der Waals surface area contributed by atoms with Crippen molar-refractivity contribution in [1.29, 1.82) is 0 Å². The molecule has 1 atom stereocenters. The van der Waals surface area contributed by atoms with Crippen LogP contribution in [0, 0.1) is 5.92 Å². The number of rotatable bonds is 5. The van der Waals surface area contributed by atoms with E-state index in [9.17, 15) is 9.90 Å². The first-order valence-corrected chi connectivity index (χ1v) is 6.42. The summed E-state index contributed by atoms with van der Waals surface area (Å²) in [5.74, 6) is -0.163. The fourth-order valence-corrected chi connectivity index (χ4v) is 2.39. The summed E-state index contributed by atoms with van der Waals surface area (Å²) in [5.41, 5.74) is 1.00. The molecule has 1 aromatic rings. The zero-order valence-corrected chi connectivity index (χ0v) is 10.9. The lowest BCUT2D eigenvalue weighted by Crippen LogP contribution is -2.16. The summed E-state index contributed by atoms with van der Waals surface area (Å²) in [7, 11) is 0. The van der Waals surface area contributed by atoms with E-state index in [1.807, 2.05) is 24.3 Å². The highest BCUT2D eigenvalue weighted by atomic mass is 16.4. The SMILES string of the molecule is CC(C)(O)c1cccc(C(CC(=O)O)C2CC2)c1. The molecule has 1 saturated carbocycles. The lowest BCUT2D eigenvalue weighted by atomic mass is 9.87. The van der Waals surface area contributed by atoms with E-state index in [1.165, 1.54) is 0 Å². The Morgan fingerprint density at radius 1 is 1.44 bits per heavy atom. The van der Waals surface area contributed by atoms with Crippen LogP contribution in [0.2, 0.25) is 0 Å². The second kappa shape index (κ2) is 4.73. The van der Waals surface area contributed by atoms with Gasteiger partial charge in [-0.05, 0) is 49.7 Å². The smallest absolute Gasteiger partial charge is 0.303 e. The fourth-order valence-electron chi connectivity index (χ4n) is 2.39. The summed E-state index contributed by atoms with van der Waals surface area (Å²) in [5, 5.41) is 19.0. The molecule has 0 aliphatic heterocycles. The number of carbonyl (C=O) groups is 1. The average molecular weight is 248 g/mol. The van der Waals surface area contributed by atoms with Gasteiger partial charge in [-0.2, -0.15) is 0 Å². The molecule has 1 aliphatic carbocycles. The molecule has 3 heteroatoms. The maximum atomic E-state index is 10.9. The van der Waals surface area contributed by atoms with Crippen molar-refractivity contribution in [2.75, 3.05) is 0 Å². The second-order valence-electron chi connectivity index (χ2n) is 5.73. The number of aliphatic carboxylic acids is 1. The average Bonchev–Trinajstić information content (AvgIpc) is 3.08. The van der Waals surface area contributed by atoms with E-state index >= 15 is 0 Å². The Balaban J connectivity index is 2.27. The van der Waals surface area contributed by atoms with Gasteiger partial charge in [0.1, 0.15) is 0 Å². The van der Waals surface area contributed by atoms with E-state index in [-0.39, 0.29) is 12.3 Å². The standard InChI is InChI=1S/C15H20O3/c1-15(2,18)12-5-3-4-11(8-12)13(9-14(16)17)10-6-7-10/h3-5,8,10,13,18H,6-7,9H2,1-2H3,(H,16,17). The van der Waals surface area contributed by atoms with Crippen LogP contribution < -0.4 is 0 Å². The Bertz CT molecular complexity index is 441. The molecule has 3 nitrogen and oxygen atoms in total. The fraction of sp³-hybridized carbons (Fsp3) is 0.533. The lowest BCUT2D eigenvalue weighted by molar-refractivity contribution is -0.137. The van der Waals surface area contributed by atoms with Gasteiger partial charge < -0.3 is 10.2 Å². The monoisotopic (exact) mass is 248 g/mol. The van der Waals surface area contributed by atoms with Crippen molar-refractivity contribution in [2.24, 2.45) is 5.92 Å². The normalized spacial score (nSPS) is 17.5. The van der Waals surface area contributed by atoms with Crippen LogP contribution in [0.5, 0.6) is 0 Å². The van der Waals surface area contributed by atoms with E-state index in [2.05, 4.69) is 0 Å². The summed E-state index contributed by atoms with van der Waals surface area (Å²) in [6, 6.07) is 7.71. The molecule has 0 aromatic heterocycles. The van der Waals surface area contributed by atoms with Gasteiger partial charge in [0.15, 0.2) is 0 Å². The number of carboxylic acids is 1. The molecule has 0 spiro atoms. The highest BCUT2D eigenvalue weighted by Crippen LogP contribution is 2.44. The van der Waals surface area contributed by atoms with E-state index < -0.39 is 11.6 Å². The minimum Gasteiger partial charge on any atom is -0.481 e. The van der Waals surface area contributed by atoms with Crippen molar-refractivity contribution in [3.05, 3.63) is 35.4 Å². The predicted molar refractivity (Wildman–Crippen MR) is 69.4 cm³/mol. The predicted octanol–water partition coefficient (Wildman–Crippen LogP) is 2.88. The zero-order valence-electron chi connectivity index (χ0n) is 10.9. The van der Waals surface area contributed by atoms with Gasteiger partial charge in [-0.15, -0.1) is 0 Å². The van der Waals surface area contributed by atoms with Crippen LogP contribution in [0.25, 0.3) is 0 Å². The Hall–Kier alpha value is -1.35. The largest absolute Gasteiger partial charge is 0.481 e. The van der Waals surface area contributed by atoms with E-state index in [0.717, 1.165) is 24.0 Å². The molecular weight excluding hydrogens is 228 g/mol. The van der Waals surface area contributed by atoms with E-state index in [0.29, 0.717) is 5.92 Å². The number of aliphatic hydroxyl groups is 1. The molecular formula is C15H20O3. The summed E-state index contributed by atoms with van der Waals surface area (Å²) in [4.78, 5) is 10.9. The maximum absolute atomic E-state index is 10.9. The molecule has 0 bridgehead atoms. The number of hydrogen-bond acceptors (Lipinski definition) is 2. The summed E-state index contributed by atoms with van der Waals surface area (Å²) < 4.78 is 0. The Morgan fingerprint density at radius 3 is 2.61 bits per heavy atom. The van der Waals surface area contributed by atoms with Crippen LogP contribution in [0.4, 0.5) is 0 Å².